The molecule has 18 heavy (non-hydrogen) atoms. The predicted molar refractivity (Wildman–Crippen MR) is 61.2 cm³/mol. The monoisotopic (exact) mass is 252 g/mol. The number of aliphatic carboxylic acids is 1. The average Bonchev–Trinajstić information content (AvgIpc) is 2.94. The van der Waals surface area contributed by atoms with Crippen LogP contribution in [-0.4, -0.2) is 32.2 Å². The van der Waals surface area contributed by atoms with E-state index in [0.29, 0.717) is 18.7 Å². The molecule has 1 aromatic heterocycles. The Morgan fingerprint density at radius 1 is 1.50 bits per heavy atom. The van der Waals surface area contributed by atoms with Gasteiger partial charge in [0.05, 0.1) is 18.4 Å². The lowest BCUT2D eigenvalue weighted by molar-refractivity contribution is -0.146. The molecule has 0 aliphatic heterocycles. The van der Waals surface area contributed by atoms with Crippen LogP contribution in [0.15, 0.2) is 6.33 Å². The lowest BCUT2D eigenvalue weighted by atomic mass is 9.95. The Bertz CT molecular complexity index is 432. The number of aromatic amines is 1. The van der Waals surface area contributed by atoms with Crippen molar-refractivity contribution in [3.8, 4) is 0 Å². The van der Waals surface area contributed by atoms with Crippen LogP contribution < -0.4 is 5.32 Å². The molecule has 1 amide bonds. The summed E-state index contributed by atoms with van der Waals surface area (Å²) in [5.41, 5.74) is 0. The Labute approximate surface area is 104 Å². The molecule has 7 nitrogen and oxygen atoms in total. The number of carbonyl (C=O) groups is 2. The largest absolute Gasteiger partial charge is 0.481 e. The minimum Gasteiger partial charge on any atom is -0.481 e. The molecule has 1 aromatic rings. The molecule has 0 saturated heterocycles. The van der Waals surface area contributed by atoms with Gasteiger partial charge < -0.3 is 10.4 Å². The molecule has 2 rings (SSSR count). The van der Waals surface area contributed by atoms with Crippen LogP contribution in [0.2, 0.25) is 0 Å². The topological polar surface area (TPSA) is 108 Å². The molecule has 3 unspecified atom stereocenters. The predicted octanol–water partition coefficient (Wildman–Crippen LogP) is 0.168. The van der Waals surface area contributed by atoms with Crippen LogP contribution in [0.25, 0.3) is 0 Å². The third-order valence-corrected chi connectivity index (χ3v) is 3.35. The fraction of sp³-hybridized carbons (Fsp3) is 0.636. The van der Waals surface area contributed by atoms with E-state index in [1.165, 1.54) is 6.33 Å². The van der Waals surface area contributed by atoms with Gasteiger partial charge in [0, 0.05) is 0 Å². The molecule has 1 aliphatic rings. The number of aromatic nitrogens is 3. The third kappa shape index (κ3) is 2.66. The van der Waals surface area contributed by atoms with E-state index in [0.717, 1.165) is 0 Å². The summed E-state index contributed by atoms with van der Waals surface area (Å²) < 4.78 is 0. The van der Waals surface area contributed by atoms with Crippen LogP contribution in [0.3, 0.4) is 0 Å². The molecule has 1 heterocycles. The highest BCUT2D eigenvalue weighted by molar-refractivity contribution is 5.85. The highest BCUT2D eigenvalue weighted by atomic mass is 16.4. The smallest absolute Gasteiger partial charge is 0.307 e. The van der Waals surface area contributed by atoms with Gasteiger partial charge in [-0.2, -0.15) is 5.10 Å². The second-order valence-corrected chi connectivity index (χ2v) is 4.78. The van der Waals surface area contributed by atoms with E-state index >= 15 is 0 Å². The fourth-order valence-corrected chi connectivity index (χ4v) is 2.47. The second kappa shape index (κ2) is 5.16. The molecule has 0 radical (unpaired) electrons. The molecule has 98 valence electrons. The van der Waals surface area contributed by atoms with E-state index in [1.807, 2.05) is 6.92 Å². The van der Waals surface area contributed by atoms with Crippen LogP contribution >= 0.6 is 0 Å². The van der Waals surface area contributed by atoms with Crippen molar-refractivity contribution < 1.29 is 14.7 Å². The van der Waals surface area contributed by atoms with Gasteiger partial charge in [-0.3, -0.25) is 14.7 Å². The number of hydrogen-bond donors (Lipinski definition) is 3. The number of carboxylic acids is 1. The number of H-pyrrole nitrogens is 1. The van der Waals surface area contributed by atoms with Gasteiger partial charge >= 0.3 is 5.97 Å². The number of carbonyl (C=O) groups excluding carboxylic acids is 1. The maximum Gasteiger partial charge on any atom is 0.307 e. The third-order valence-electron chi connectivity index (χ3n) is 3.35. The lowest BCUT2D eigenvalue weighted by Crippen LogP contribution is -2.35. The van der Waals surface area contributed by atoms with Crippen LogP contribution in [0.4, 0.5) is 0 Å². The highest BCUT2D eigenvalue weighted by Crippen LogP contribution is 2.36. The minimum absolute atomic E-state index is 0.219. The molecule has 1 fully saturated rings. The Morgan fingerprint density at radius 2 is 2.22 bits per heavy atom. The highest BCUT2D eigenvalue weighted by Gasteiger charge is 2.41. The van der Waals surface area contributed by atoms with Crippen LogP contribution in [0.1, 0.15) is 25.6 Å². The number of carboxylic acid groups (broad SMARTS) is 1. The molecule has 0 bridgehead atoms. The summed E-state index contributed by atoms with van der Waals surface area (Å²) in [7, 11) is 0. The van der Waals surface area contributed by atoms with Crippen molar-refractivity contribution >= 4 is 11.9 Å². The summed E-state index contributed by atoms with van der Waals surface area (Å²) in [6, 6.07) is 0. The van der Waals surface area contributed by atoms with Gasteiger partial charge in [-0.1, -0.05) is 6.92 Å². The van der Waals surface area contributed by atoms with E-state index in [4.69, 9.17) is 5.11 Å². The van der Waals surface area contributed by atoms with E-state index < -0.39 is 17.8 Å². The Morgan fingerprint density at radius 3 is 2.83 bits per heavy atom. The first-order valence-corrected chi connectivity index (χ1v) is 5.92. The fourth-order valence-electron chi connectivity index (χ4n) is 2.47. The first-order valence-electron chi connectivity index (χ1n) is 5.92. The van der Waals surface area contributed by atoms with Crippen molar-refractivity contribution in [3.63, 3.8) is 0 Å². The normalized spacial score (nSPS) is 27.1. The zero-order chi connectivity index (χ0) is 13.1. The van der Waals surface area contributed by atoms with Crippen LogP contribution in [0, 0.1) is 17.8 Å². The molecule has 7 heteroatoms. The first kappa shape index (κ1) is 12.5. The first-order chi connectivity index (χ1) is 8.58. The van der Waals surface area contributed by atoms with Gasteiger partial charge in [-0.15, -0.1) is 0 Å². The lowest BCUT2D eigenvalue weighted by Gasteiger charge is -2.14. The van der Waals surface area contributed by atoms with Crippen molar-refractivity contribution in [2.75, 3.05) is 0 Å². The van der Waals surface area contributed by atoms with Crippen molar-refractivity contribution in [2.24, 2.45) is 17.8 Å². The molecule has 3 N–H and O–H groups in total. The van der Waals surface area contributed by atoms with E-state index in [2.05, 4.69) is 20.5 Å². The number of hydrogen-bond acceptors (Lipinski definition) is 4. The Kier molecular flexibility index (Phi) is 3.59. The van der Waals surface area contributed by atoms with Gasteiger partial charge in [0.1, 0.15) is 12.2 Å². The van der Waals surface area contributed by atoms with E-state index in [9.17, 15) is 9.59 Å². The van der Waals surface area contributed by atoms with Crippen molar-refractivity contribution in [1.29, 1.82) is 0 Å². The molecule has 1 saturated carbocycles. The van der Waals surface area contributed by atoms with Crippen molar-refractivity contribution in [3.05, 3.63) is 12.2 Å². The SMILES string of the molecule is CC1CC(C(=O)O)C(C(=O)NCc2ncn[nH]2)C1. The summed E-state index contributed by atoms with van der Waals surface area (Å²) in [6.45, 7) is 2.22. The van der Waals surface area contributed by atoms with Gasteiger partial charge in [0.2, 0.25) is 5.91 Å². The van der Waals surface area contributed by atoms with Gasteiger partial charge in [-0.05, 0) is 18.8 Å². The maximum absolute atomic E-state index is 12.0. The Hall–Kier alpha value is -1.92. The zero-order valence-corrected chi connectivity index (χ0v) is 10.1. The molecular weight excluding hydrogens is 236 g/mol. The quantitative estimate of drug-likeness (QED) is 0.707. The summed E-state index contributed by atoms with van der Waals surface area (Å²) in [4.78, 5) is 26.9. The molecule has 3 atom stereocenters. The molecular formula is C11H16N4O3. The van der Waals surface area contributed by atoms with Crippen LogP contribution in [0.5, 0.6) is 0 Å². The van der Waals surface area contributed by atoms with E-state index in [-0.39, 0.29) is 18.4 Å². The Balaban J connectivity index is 1.93. The molecule has 1 aliphatic carbocycles. The van der Waals surface area contributed by atoms with E-state index in [1.54, 1.807) is 0 Å². The average molecular weight is 252 g/mol. The minimum atomic E-state index is -0.890. The summed E-state index contributed by atoms with van der Waals surface area (Å²) >= 11 is 0. The van der Waals surface area contributed by atoms with Gasteiger partial charge in [-0.25, -0.2) is 4.98 Å². The van der Waals surface area contributed by atoms with Gasteiger partial charge in [0.25, 0.3) is 0 Å². The molecule has 0 aromatic carbocycles. The number of nitrogens with one attached hydrogen (secondary N) is 2. The van der Waals surface area contributed by atoms with Crippen LogP contribution in [-0.2, 0) is 16.1 Å². The summed E-state index contributed by atoms with van der Waals surface area (Å²) in [6.07, 6.45) is 2.55. The zero-order valence-electron chi connectivity index (χ0n) is 10.1. The standard InChI is InChI=1S/C11H16N4O3/c1-6-2-7(8(3-6)11(17)18)10(16)12-4-9-13-5-14-15-9/h5-8H,2-4H2,1H3,(H,12,16)(H,17,18)(H,13,14,15). The van der Waals surface area contributed by atoms with Crippen molar-refractivity contribution in [1.82, 2.24) is 20.5 Å². The molecule has 0 spiro atoms. The van der Waals surface area contributed by atoms with Gasteiger partial charge in [0.15, 0.2) is 0 Å². The summed E-state index contributed by atoms with van der Waals surface area (Å²) in [5.74, 6) is -1.30. The number of nitrogens with zero attached hydrogens (tertiary/aromatic N) is 2. The summed E-state index contributed by atoms with van der Waals surface area (Å²) in [5, 5.41) is 18.1. The number of rotatable bonds is 4. The number of amides is 1. The maximum atomic E-state index is 12.0. The second-order valence-electron chi connectivity index (χ2n) is 4.78. The van der Waals surface area contributed by atoms with Crippen molar-refractivity contribution in [2.45, 2.75) is 26.3 Å².